The molecule has 0 fully saturated rings. The Morgan fingerprint density at radius 2 is 1.92 bits per heavy atom. The summed E-state index contributed by atoms with van der Waals surface area (Å²) < 4.78 is 14.8. The summed E-state index contributed by atoms with van der Waals surface area (Å²) in [6, 6.07) is 8.15. The maximum absolute atomic E-state index is 13.1. The van der Waals surface area contributed by atoms with Gasteiger partial charge in [0.25, 0.3) is 0 Å². The number of hydrogen-bond donors (Lipinski definition) is 1. The molecular formula is C18H22FN5OS. The van der Waals surface area contributed by atoms with Crippen molar-refractivity contribution in [1.82, 2.24) is 20.1 Å². The van der Waals surface area contributed by atoms with Crippen molar-refractivity contribution < 1.29 is 9.18 Å². The minimum Gasteiger partial charge on any atom is -0.337 e. The summed E-state index contributed by atoms with van der Waals surface area (Å²) in [7, 11) is 1.79. The molecule has 2 aromatic rings. The minimum absolute atomic E-state index is 0.0199. The molecule has 0 saturated heterocycles. The van der Waals surface area contributed by atoms with E-state index >= 15 is 0 Å². The molecule has 0 aliphatic rings. The monoisotopic (exact) mass is 375 g/mol. The summed E-state index contributed by atoms with van der Waals surface area (Å²) in [4.78, 5) is 12.5. The van der Waals surface area contributed by atoms with Crippen LogP contribution in [0.5, 0.6) is 0 Å². The number of benzene rings is 1. The molecule has 0 radical (unpaired) electrons. The summed E-state index contributed by atoms with van der Waals surface area (Å²) in [6.07, 6.45) is 0. The standard InChI is InChI=1S/C18H22FN5OS/c1-11(2)18(4,10-20)21-16(25)12(3)26-17-23-22-15(24(17)5)13-6-8-14(19)9-7-13/h6-9,11-12H,1-5H3,(H,21,25)/t12-,18-/m0/s1. The van der Waals surface area contributed by atoms with Crippen molar-refractivity contribution in [2.75, 3.05) is 0 Å². The number of thioether (sulfide) groups is 1. The quantitative estimate of drug-likeness (QED) is 0.784. The largest absolute Gasteiger partial charge is 0.337 e. The Bertz CT molecular complexity index is 827. The van der Waals surface area contributed by atoms with Gasteiger partial charge in [0.2, 0.25) is 5.91 Å². The first-order valence-corrected chi connectivity index (χ1v) is 9.11. The average Bonchev–Trinajstić information content (AvgIpc) is 2.96. The highest BCUT2D eigenvalue weighted by atomic mass is 32.2. The molecule has 6 nitrogen and oxygen atoms in total. The molecule has 0 saturated carbocycles. The highest BCUT2D eigenvalue weighted by Gasteiger charge is 2.32. The highest BCUT2D eigenvalue weighted by molar-refractivity contribution is 8.00. The Balaban J connectivity index is 2.13. The molecule has 0 bridgehead atoms. The highest BCUT2D eigenvalue weighted by Crippen LogP contribution is 2.26. The molecule has 0 unspecified atom stereocenters. The molecule has 138 valence electrons. The lowest BCUT2D eigenvalue weighted by Gasteiger charge is -2.28. The topological polar surface area (TPSA) is 83.6 Å². The van der Waals surface area contributed by atoms with E-state index in [0.29, 0.717) is 11.0 Å². The molecule has 8 heteroatoms. The first kappa shape index (κ1) is 19.9. The first-order valence-electron chi connectivity index (χ1n) is 8.23. The van der Waals surface area contributed by atoms with Crippen LogP contribution < -0.4 is 5.32 Å². The number of nitriles is 1. The van der Waals surface area contributed by atoms with E-state index in [1.807, 2.05) is 13.8 Å². The molecule has 1 aromatic heterocycles. The van der Waals surface area contributed by atoms with Gasteiger partial charge in [0.05, 0.1) is 11.3 Å². The van der Waals surface area contributed by atoms with Gasteiger partial charge in [0, 0.05) is 12.6 Å². The Labute approximate surface area is 156 Å². The molecule has 0 spiro atoms. The molecule has 0 aliphatic carbocycles. The van der Waals surface area contributed by atoms with E-state index in [-0.39, 0.29) is 17.6 Å². The number of halogens is 1. The van der Waals surface area contributed by atoms with E-state index in [4.69, 9.17) is 0 Å². The third-order valence-electron chi connectivity index (χ3n) is 4.36. The van der Waals surface area contributed by atoms with Crippen LogP contribution in [0.3, 0.4) is 0 Å². The summed E-state index contributed by atoms with van der Waals surface area (Å²) in [5, 5.41) is 20.5. The lowest BCUT2D eigenvalue weighted by atomic mass is 9.90. The van der Waals surface area contributed by atoms with Crippen molar-refractivity contribution in [2.45, 2.75) is 43.6 Å². The Hall–Kier alpha value is -2.40. The van der Waals surface area contributed by atoms with Crippen LogP contribution in [0.1, 0.15) is 27.7 Å². The van der Waals surface area contributed by atoms with Gasteiger partial charge in [-0.3, -0.25) is 4.79 Å². The fourth-order valence-corrected chi connectivity index (χ4v) is 2.95. The number of carbonyl (C=O) groups excluding carboxylic acids is 1. The van der Waals surface area contributed by atoms with Crippen molar-refractivity contribution in [2.24, 2.45) is 13.0 Å². The number of rotatable bonds is 6. The summed E-state index contributed by atoms with van der Waals surface area (Å²) >= 11 is 1.25. The van der Waals surface area contributed by atoms with E-state index in [1.165, 1.54) is 23.9 Å². The second-order valence-corrected chi connectivity index (χ2v) is 7.90. The molecule has 26 heavy (non-hydrogen) atoms. The zero-order valence-electron chi connectivity index (χ0n) is 15.4. The van der Waals surface area contributed by atoms with Gasteiger partial charge >= 0.3 is 0 Å². The zero-order chi connectivity index (χ0) is 19.5. The normalized spacial score (nSPS) is 14.5. The van der Waals surface area contributed by atoms with Gasteiger partial charge in [-0.2, -0.15) is 5.26 Å². The lowest BCUT2D eigenvalue weighted by molar-refractivity contribution is -0.121. The van der Waals surface area contributed by atoms with E-state index in [9.17, 15) is 14.4 Å². The average molecular weight is 375 g/mol. The van der Waals surface area contributed by atoms with Crippen LogP contribution >= 0.6 is 11.8 Å². The third-order valence-corrected chi connectivity index (χ3v) is 5.49. The third kappa shape index (κ3) is 4.22. The molecular weight excluding hydrogens is 353 g/mol. The molecule has 2 atom stereocenters. The summed E-state index contributed by atoms with van der Waals surface area (Å²) in [5.74, 6) is 0.0123. The Morgan fingerprint density at radius 1 is 1.31 bits per heavy atom. The van der Waals surface area contributed by atoms with Crippen LogP contribution in [-0.4, -0.2) is 31.5 Å². The fraction of sp³-hybridized carbons (Fsp3) is 0.444. The number of amides is 1. The van der Waals surface area contributed by atoms with Crippen LogP contribution in [0, 0.1) is 23.1 Å². The zero-order valence-corrected chi connectivity index (χ0v) is 16.3. The van der Waals surface area contributed by atoms with Crippen molar-refractivity contribution >= 4 is 17.7 Å². The molecule has 1 heterocycles. The minimum atomic E-state index is -0.926. The van der Waals surface area contributed by atoms with Crippen LogP contribution in [0.4, 0.5) is 4.39 Å². The van der Waals surface area contributed by atoms with Gasteiger partial charge in [-0.1, -0.05) is 25.6 Å². The number of nitrogens with one attached hydrogen (secondary N) is 1. The second kappa shape index (κ2) is 7.87. The van der Waals surface area contributed by atoms with Crippen molar-refractivity contribution in [3.8, 4) is 17.5 Å². The van der Waals surface area contributed by atoms with Gasteiger partial charge < -0.3 is 9.88 Å². The van der Waals surface area contributed by atoms with Crippen molar-refractivity contribution in [3.63, 3.8) is 0 Å². The van der Waals surface area contributed by atoms with Crippen LogP contribution in [0.25, 0.3) is 11.4 Å². The Morgan fingerprint density at radius 3 is 2.46 bits per heavy atom. The maximum Gasteiger partial charge on any atom is 0.234 e. The summed E-state index contributed by atoms with van der Waals surface area (Å²) in [6.45, 7) is 7.24. The number of hydrogen-bond acceptors (Lipinski definition) is 5. The molecule has 1 amide bonds. The van der Waals surface area contributed by atoms with Gasteiger partial charge in [0.15, 0.2) is 11.0 Å². The molecule has 2 rings (SSSR count). The SMILES string of the molecule is CC(C)[C@](C)(C#N)NC(=O)[C@H](C)Sc1nnc(-c2ccc(F)cc2)n1C. The Kier molecular flexibility index (Phi) is 6.03. The molecule has 1 aromatic carbocycles. The second-order valence-electron chi connectivity index (χ2n) is 6.59. The van der Waals surface area contributed by atoms with Crippen LogP contribution in [0.2, 0.25) is 0 Å². The molecule has 1 N–H and O–H groups in total. The van der Waals surface area contributed by atoms with E-state index in [0.717, 1.165) is 5.56 Å². The number of aromatic nitrogens is 3. The maximum atomic E-state index is 13.1. The van der Waals surface area contributed by atoms with Crippen LogP contribution in [-0.2, 0) is 11.8 Å². The van der Waals surface area contributed by atoms with Crippen LogP contribution in [0.15, 0.2) is 29.4 Å². The first-order chi connectivity index (χ1) is 12.2. The van der Waals surface area contributed by atoms with Gasteiger partial charge in [-0.05, 0) is 44.0 Å². The van der Waals surface area contributed by atoms with E-state index in [2.05, 4.69) is 21.6 Å². The summed E-state index contributed by atoms with van der Waals surface area (Å²) in [5.41, 5.74) is -0.187. The van der Waals surface area contributed by atoms with Gasteiger partial charge in [-0.15, -0.1) is 10.2 Å². The van der Waals surface area contributed by atoms with Gasteiger partial charge in [-0.25, -0.2) is 4.39 Å². The predicted molar refractivity (Wildman–Crippen MR) is 98.7 cm³/mol. The molecule has 0 aliphatic heterocycles. The van der Waals surface area contributed by atoms with E-state index < -0.39 is 10.8 Å². The fourth-order valence-electron chi connectivity index (χ4n) is 2.14. The van der Waals surface area contributed by atoms with Crippen molar-refractivity contribution in [3.05, 3.63) is 30.1 Å². The smallest absolute Gasteiger partial charge is 0.234 e. The van der Waals surface area contributed by atoms with E-state index in [1.54, 1.807) is 37.6 Å². The van der Waals surface area contributed by atoms with Crippen molar-refractivity contribution in [1.29, 1.82) is 5.26 Å². The van der Waals surface area contributed by atoms with Gasteiger partial charge in [0.1, 0.15) is 11.4 Å². The number of nitrogens with zero attached hydrogens (tertiary/aromatic N) is 4. The lowest BCUT2D eigenvalue weighted by Crippen LogP contribution is -2.51. The number of carbonyl (C=O) groups is 1. The predicted octanol–water partition coefficient (Wildman–Crippen LogP) is 3.16.